The fourth-order valence-corrected chi connectivity index (χ4v) is 5.13. The van der Waals surface area contributed by atoms with E-state index in [1.54, 1.807) is 4.90 Å². The molecule has 2 aromatic rings. The van der Waals surface area contributed by atoms with Crippen molar-refractivity contribution in [2.45, 2.75) is 71.0 Å². The van der Waals surface area contributed by atoms with Crippen molar-refractivity contribution in [2.75, 3.05) is 52.3 Å². The fourth-order valence-electron chi connectivity index (χ4n) is 5.13. The zero-order valence-electron chi connectivity index (χ0n) is 25.7. The molecule has 3 rings (SSSR count). The Morgan fingerprint density at radius 1 is 1.07 bits per heavy atom. The average Bonchev–Trinajstić information content (AvgIpc) is 2.93. The van der Waals surface area contributed by atoms with Crippen molar-refractivity contribution in [3.8, 4) is 5.75 Å². The van der Waals surface area contributed by atoms with Crippen LogP contribution >= 0.6 is 0 Å². The second kappa shape index (κ2) is 15.1. The molecular weight excluding hydrogens is 547 g/mol. The van der Waals surface area contributed by atoms with Gasteiger partial charge < -0.3 is 24.4 Å². The molecule has 0 bridgehead atoms. The summed E-state index contributed by atoms with van der Waals surface area (Å²) in [6, 6.07) is 10.4. The lowest BCUT2D eigenvalue weighted by molar-refractivity contribution is -0.137. The third-order valence-electron chi connectivity index (χ3n) is 7.78. The third kappa shape index (κ3) is 9.34. The molecule has 0 aliphatic carbocycles. The van der Waals surface area contributed by atoms with E-state index in [-0.39, 0.29) is 30.6 Å². The number of aliphatic hydroxyl groups is 1. The van der Waals surface area contributed by atoms with E-state index >= 15 is 0 Å². The van der Waals surface area contributed by atoms with E-state index in [0.29, 0.717) is 37.6 Å². The van der Waals surface area contributed by atoms with Crippen LogP contribution in [0.1, 0.15) is 61.5 Å². The van der Waals surface area contributed by atoms with Crippen molar-refractivity contribution in [1.82, 2.24) is 9.80 Å². The quantitative estimate of drug-likeness (QED) is 0.445. The molecule has 1 aliphatic rings. The van der Waals surface area contributed by atoms with Gasteiger partial charge in [0, 0.05) is 51.9 Å². The number of fused-ring (bicyclic) bond motifs is 1. The van der Waals surface area contributed by atoms with Gasteiger partial charge in [0.15, 0.2) is 0 Å². The Balaban J connectivity index is 1.86. The number of benzene rings is 2. The molecule has 1 N–H and O–H groups in total. The van der Waals surface area contributed by atoms with Crippen LogP contribution in [0.2, 0.25) is 0 Å². The summed E-state index contributed by atoms with van der Waals surface area (Å²) in [5, 5.41) is 10.1. The van der Waals surface area contributed by atoms with Crippen molar-refractivity contribution < 1.29 is 32.5 Å². The zero-order chi connectivity index (χ0) is 31.0. The van der Waals surface area contributed by atoms with Crippen LogP contribution in [0.5, 0.6) is 5.75 Å². The van der Waals surface area contributed by atoms with Gasteiger partial charge in [-0.3, -0.25) is 9.69 Å². The molecular formula is C32H46F3N3O4. The first-order chi connectivity index (χ1) is 19.8. The van der Waals surface area contributed by atoms with E-state index in [9.17, 15) is 23.1 Å². The number of alkyl halides is 3. The van der Waals surface area contributed by atoms with Gasteiger partial charge in [0.2, 0.25) is 0 Å². The number of carbonyl (C=O) groups is 1. The van der Waals surface area contributed by atoms with E-state index < -0.39 is 17.8 Å². The molecule has 1 heterocycles. The number of ether oxygens (including phenoxy) is 2. The highest BCUT2D eigenvalue weighted by Gasteiger charge is 2.31. The number of halogens is 3. The zero-order valence-corrected chi connectivity index (χ0v) is 25.7. The molecule has 0 radical (unpaired) electrons. The first-order valence-corrected chi connectivity index (χ1v) is 14.7. The largest absolute Gasteiger partial charge is 0.490 e. The summed E-state index contributed by atoms with van der Waals surface area (Å²) in [6.45, 7) is 7.52. The fraction of sp³-hybridized carbons (Fsp3) is 0.594. The Labute approximate surface area is 248 Å². The van der Waals surface area contributed by atoms with Crippen molar-refractivity contribution in [3.63, 3.8) is 0 Å². The number of aliphatic hydroxyl groups excluding tert-OH is 1. The highest BCUT2D eigenvalue weighted by atomic mass is 19.4. The number of amides is 1. The number of hydrogen-bond acceptors (Lipinski definition) is 6. The Kier molecular flexibility index (Phi) is 12.1. The number of anilines is 1. The van der Waals surface area contributed by atoms with E-state index in [4.69, 9.17) is 9.47 Å². The molecule has 0 unspecified atom stereocenters. The van der Waals surface area contributed by atoms with Crippen molar-refractivity contribution in [3.05, 3.63) is 59.2 Å². The normalized spacial score (nSPS) is 21.8. The summed E-state index contributed by atoms with van der Waals surface area (Å²) in [5.74, 6) is 0.214. The topological polar surface area (TPSA) is 65.5 Å². The Hall–Kier alpha value is -2.82. The van der Waals surface area contributed by atoms with Crippen molar-refractivity contribution >= 4 is 11.6 Å². The molecule has 0 spiro atoms. The van der Waals surface area contributed by atoms with Gasteiger partial charge in [-0.15, -0.1) is 0 Å². The van der Waals surface area contributed by atoms with E-state index in [0.717, 1.165) is 42.6 Å². The lowest BCUT2D eigenvalue weighted by atomic mass is 10.0. The lowest BCUT2D eigenvalue weighted by Gasteiger charge is -2.36. The van der Waals surface area contributed by atoms with Crippen LogP contribution in [0.15, 0.2) is 42.5 Å². The second-order valence-corrected chi connectivity index (χ2v) is 11.8. The van der Waals surface area contributed by atoms with E-state index in [2.05, 4.69) is 0 Å². The minimum absolute atomic E-state index is 0.0960. The minimum Gasteiger partial charge on any atom is -0.490 e. The van der Waals surface area contributed by atoms with Gasteiger partial charge >= 0.3 is 6.18 Å². The smallest absolute Gasteiger partial charge is 0.416 e. The number of nitrogens with zero attached hydrogens (tertiary/aromatic N) is 3. The molecule has 4 atom stereocenters. The van der Waals surface area contributed by atoms with Crippen LogP contribution in [0.25, 0.3) is 0 Å². The van der Waals surface area contributed by atoms with Crippen LogP contribution in [-0.2, 0) is 17.5 Å². The Bertz CT molecular complexity index is 1140. The van der Waals surface area contributed by atoms with Crippen molar-refractivity contribution in [1.29, 1.82) is 0 Å². The summed E-state index contributed by atoms with van der Waals surface area (Å²) in [6.07, 6.45) is -2.16. The minimum atomic E-state index is -4.37. The van der Waals surface area contributed by atoms with Gasteiger partial charge in [-0.1, -0.05) is 19.1 Å². The molecule has 1 aliphatic heterocycles. The Morgan fingerprint density at radius 3 is 2.38 bits per heavy atom. The standard InChI is InChI=1S/C32H46F3N3O4/c1-22-18-38(23(2)21-39)31(40)28-17-27(36(4)5)14-15-29(28)42-24(3)9-7-8-16-41-30(22)20-37(6)19-25-10-12-26(13-11-25)32(33,34)35/h10-15,17,22-24,30,39H,7-9,16,18-21H2,1-6H3/t22-,23-,24+,30-/m0/s1. The second-order valence-electron chi connectivity index (χ2n) is 11.8. The predicted molar refractivity (Wildman–Crippen MR) is 159 cm³/mol. The maximum Gasteiger partial charge on any atom is 0.416 e. The summed E-state index contributed by atoms with van der Waals surface area (Å²) in [7, 11) is 5.74. The van der Waals surface area contributed by atoms with Crippen LogP contribution in [0, 0.1) is 5.92 Å². The maximum atomic E-state index is 14.1. The summed E-state index contributed by atoms with van der Waals surface area (Å²) in [5.41, 5.74) is 1.43. The van der Waals surface area contributed by atoms with Gasteiger partial charge in [0.05, 0.1) is 36.0 Å². The summed E-state index contributed by atoms with van der Waals surface area (Å²) < 4.78 is 51.6. The van der Waals surface area contributed by atoms with Gasteiger partial charge in [0.25, 0.3) is 5.91 Å². The van der Waals surface area contributed by atoms with Gasteiger partial charge in [-0.25, -0.2) is 0 Å². The number of likely N-dealkylation sites (N-methyl/N-ethyl adjacent to an activating group) is 1. The van der Waals surface area contributed by atoms with E-state index in [1.807, 2.05) is 69.9 Å². The molecule has 234 valence electrons. The van der Waals surface area contributed by atoms with Crippen molar-refractivity contribution in [2.24, 2.45) is 5.92 Å². The van der Waals surface area contributed by atoms with Gasteiger partial charge in [-0.2, -0.15) is 13.2 Å². The molecule has 1 amide bonds. The Morgan fingerprint density at radius 2 is 1.76 bits per heavy atom. The highest BCUT2D eigenvalue weighted by molar-refractivity contribution is 5.98. The van der Waals surface area contributed by atoms with E-state index in [1.165, 1.54) is 12.1 Å². The lowest BCUT2D eigenvalue weighted by Crippen LogP contribution is -2.47. The molecule has 0 saturated heterocycles. The molecule has 10 heteroatoms. The van der Waals surface area contributed by atoms with Gasteiger partial charge in [-0.05, 0) is 76.1 Å². The van der Waals surface area contributed by atoms with Gasteiger partial charge in [0.1, 0.15) is 5.75 Å². The maximum absolute atomic E-state index is 14.1. The SMILES string of the molecule is C[C@@H]1CCCCO[C@@H](CN(C)Cc2ccc(C(F)(F)F)cc2)[C@@H](C)CN([C@@H](C)CO)C(=O)c2cc(N(C)C)ccc2O1. The summed E-state index contributed by atoms with van der Waals surface area (Å²) >= 11 is 0. The average molecular weight is 594 g/mol. The number of hydrogen-bond donors (Lipinski definition) is 1. The third-order valence-corrected chi connectivity index (χ3v) is 7.78. The molecule has 42 heavy (non-hydrogen) atoms. The first kappa shape index (κ1) is 33.7. The highest BCUT2D eigenvalue weighted by Crippen LogP contribution is 2.30. The van der Waals surface area contributed by atoms with Crippen LogP contribution in [0.4, 0.5) is 18.9 Å². The monoisotopic (exact) mass is 593 g/mol. The molecule has 0 aromatic heterocycles. The molecule has 2 aromatic carbocycles. The van der Waals surface area contributed by atoms with Crippen LogP contribution in [-0.4, -0.2) is 86.5 Å². The molecule has 7 nitrogen and oxygen atoms in total. The summed E-state index contributed by atoms with van der Waals surface area (Å²) in [4.78, 5) is 19.7. The van der Waals surface area contributed by atoms with Crippen LogP contribution < -0.4 is 9.64 Å². The number of rotatable bonds is 7. The predicted octanol–water partition coefficient (Wildman–Crippen LogP) is 5.70. The molecule has 0 fully saturated rings. The molecule has 0 saturated carbocycles. The van der Waals surface area contributed by atoms with Crippen LogP contribution in [0.3, 0.4) is 0 Å². The first-order valence-electron chi connectivity index (χ1n) is 14.7. The number of carbonyl (C=O) groups excluding carboxylic acids is 1.